The third-order valence-electron chi connectivity index (χ3n) is 2.39. The van der Waals surface area contributed by atoms with Gasteiger partial charge in [0.25, 0.3) is 0 Å². The lowest BCUT2D eigenvalue weighted by Crippen LogP contribution is -2.27. The Balaban J connectivity index is 3.22. The lowest BCUT2D eigenvalue weighted by molar-refractivity contribution is 0.589. The predicted molar refractivity (Wildman–Crippen MR) is 81.5 cm³/mol. The molecule has 2 N–H and O–H groups in total. The van der Waals surface area contributed by atoms with Crippen molar-refractivity contribution in [1.29, 1.82) is 0 Å². The van der Waals surface area contributed by atoms with Crippen molar-refractivity contribution in [3.05, 3.63) is 12.4 Å². The Labute approximate surface area is 117 Å². The van der Waals surface area contributed by atoms with E-state index in [1.165, 1.54) is 0 Å². The molecule has 18 heavy (non-hydrogen) atoms. The Bertz CT molecular complexity index is 194. The maximum absolute atomic E-state index is 10.8. The molecule has 6 heteroatoms. The van der Waals surface area contributed by atoms with Crippen molar-refractivity contribution in [3.63, 3.8) is 0 Å². The van der Waals surface area contributed by atoms with Crippen molar-refractivity contribution in [2.75, 3.05) is 37.1 Å². The van der Waals surface area contributed by atoms with Gasteiger partial charge in [0.1, 0.15) is 11.5 Å². The summed E-state index contributed by atoms with van der Waals surface area (Å²) in [4.78, 5) is 0. The van der Waals surface area contributed by atoms with Crippen LogP contribution in [0.3, 0.4) is 0 Å². The molecular weight excluding hydrogens is 268 g/mol. The number of unbranched alkanes of at least 4 members (excludes halogenated alkanes) is 2. The van der Waals surface area contributed by atoms with Gasteiger partial charge in [-0.25, -0.2) is 0 Å². The van der Waals surface area contributed by atoms with E-state index >= 15 is 0 Å². The van der Waals surface area contributed by atoms with Gasteiger partial charge in [-0.1, -0.05) is 28.9 Å². The monoisotopic (exact) mass is 294 g/mol. The van der Waals surface area contributed by atoms with Gasteiger partial charge in [0.05, 0.1) is 18.3 Å². The molecule has 0 spiro atoms. The largest absolute Gasteiger partial charge is 0.617 e. The van der Waals surface area contributed by atoms with E-state index in [1.807, 2.05) is 0 Å². The third-order valence-corrected chi connectivity index (χ3v) is 4.12. The van der Waals surface area contributed by atoms with Gasteiger partial charge in [-0.3, -0.25) is 0 Å². The van der Waals surface area contributed by atoms with Crippen LogP contribution in [-0.2, 0) is 22.4 Å². The highest BCUT2D eigenvalue weighted by atomic mass is 32.2. The quantitative estimate of drug-likeness (QED) is 0.415. The molecule has 0 aromatic rings. The minimum atomic E-state index is -0.682. The van der Waals surface area contributed by atoms with E-state index in [0.717, 1.165) is 56.1 Å². The second-order valence-electron chi connectivity index (χ2n) is 4.30. The van der Waals surface area contributed by atoms with Crippen molar-refractivity contribution < 1.29 is 9.11 Å². The molecule has 0 heterocycles. The van der Waals surface area contributed by atoms with E-state index in [9.17, 15) is 9.11 Å². The van der Waals surface area contributed by atoms with Crippen LogP contribution in [0.1, 0.15) is 25.7 Å². The summed E-state index contributed by atoms with van der Waals surface area (Å²) in [7, 11) is 0. The highest BCUT2D eigenvalue weighted by Gasteiger charge is 1.98. The Kier molecular flexibility index (Phi) is 12.0. The molecule has 0 aliphatic rings. The normalized spacial score (nSPS) is 14.0. The second kappa shape index (κ2) is 12.0. The van der Waals surface area contributed by atoms with Crippen LogP contribution in [-0.4, -0.2) is 46.2 Å². The molecule has 0 aliphatic carbocycles. The minimum absolute atomic E-state index is 0.682. The van der Waals surface area contributed by atoms with E-state index in [2.05, 4.69) is 17.2 Å². The summed E-state index contributed by atoms with van der Waals surface area (Å²) in [5.41, 5.74) is 0. The molecule has 0 bridgehead atoms. The molecule has 2 unspecified atom stereocenters. The first-order valence-electron chi connectivity index (χ1n) is 6.29. The summed E-state index contributed by atoms with van der Waals surface area (Å²) in [6.07, 6.45) is 7.44. The highest BCUT2D eigenvalue weighted by Crippen LogP contribution is 1.95. The Morgan fingerprint density at radius 1 is 0.889 bits per heavy atom. The minimum Gasteiger partial charge on any atom is -0.617 e. The van der Waals surface area contributed by atoms with Gasteiger partial charge >= 0.3 is 0 Å². The average Bonchev–Trinajstić information content (AvgIpc) is 2.27. The Morgan fingerprint density at radius 3 is 1.61 bits per heavy atom. The number of hydrogen-bond acceptors (Lipinski definition) is 4. The average molecular weight is 294 g/mol. The molecule has 0 radical (unpaired) electrons. The van der Waals surface area contributed by atoms with Crippen LogP contribution in [0.2, 0.25) is 0 Å². The van der Waals surface area contributed by atoms with Crippen molar-refractivity contribution in [3.8, 4) is 0 Å². The second-order valence-corrected chi connectivity index (χ2v) is 7.41. The highest BCUT2D eigenvalue weighted by molar-refractivity contribution is 7.90. The third kappa shape index (κ3) is 14.0. The summed E-state index contributed by atoms with van der Waals surface area (Å²) >= 11 is -1.36. The first kappa shape index (κ1) is 18.0. The lowest BCUT2D eigenvalue weighted by Gasteiger charge is -2.12. The molecule has 108 valence electrons. The smallest absolute Gasteiger partial charge is 0.105 e. The van der Waals surface area contributed by atoms with Crippen LogP contribution >= 0.6 is 0 Å². The number of rotatable bonds is 12. The predicted octanol–water partition coefficient (Wildman–Crippen LogP) is 0.954. The molecule has 0 amide bonds. The maximum Gasteiger partial charge on any atom is 0.105 e. The number of nitrogens with one attached hydrogen (secondary N) is 2. The first-order valence-corrected chi connectivity index (χ1v) is 9.74. The lowest BCUT2D eigenvalue weighted by atomic mass is 10.3. The zero-order valence-corrected chi connectivity index (χ0v) is 13.1. The fraction of sp³-hybridized carbons (Fsp3) is 0.833. The summed E-state index contributed by atoms with van der Waals surface area (Å²) < 4.78 is 21.7. The van der Waals surface area contributed by atoms with Crippen LogP contribution in [0, 0.1) is 0 Å². The molecule has 0 aliphatic heterocycles. The SMILES string of the molecule is C=C(NCCCC[S+](C)[O-])NCCCC[S+](C)[O-]. The molecule has 4 nitrogen and oxygen atoms in total. The standard InChI is InChI=1S/C12H26N2O2S2/c1-12(13-8-4-6-10-17(2)15)14-9-5-7-11-18(3)16/h13-14H,1,4-11H2,2-3H3. The van der Waals surface area contributed by atoms with Crippen molar-refractivity contribution in [1.82, 2.24) is 10.6 Å². The fourth-order valence-corrected chi connectivity index (χ4v) is 2.62. The summed E-state index contributed by atoms with van der Waals surface area (Å²) in [5, 5.41) is 6.38. The van der Waals surface area contributed by atoms with Crippen LogP contribution in [0.5, 0.6) is 0 Å². The molecule has 0 aromatic carbocycles. The topological polar surface area (TPSA) is 70.2 Å². The Morgan fingerprint density at radius 2 is 1.28 bits per heavy atom. The summed E-state index contributed by atoms with van der Waals surface area (Å²) in [6.45, 7) is 5.60. The zero-order chi connectivity index (χ0) is 13.8. The molecule has 0 fully saturated rings. The van der Waals surface area contributed by atoms with Gasteiger partial charge in [0, 0.05) is 13.1 Å². The van der Waals surface area contributed by atoms with Crippen LogP contribution < -0.4 is 10.6 Å². The van der Waals surface area contributed by atoms with Gasteiger partial charge in [-0.2, -0.15) is 0 Å². The summed E-state index contributed by atoms with van der Waals surface area (Å²) in [6, 6.07) is 0. The molecule has 0 saturated heterocycles. The number of hydrogen-bond donors (Lipinski definition) is 2. The molecule has 2 atom stereocenters. The van der Waals surface area contributed by atoms with Crippen LogP contribution in [0.25, 0.3) is 0 Å². The first-order chi connectivity index (χ1) is 8.52. The molecule has 0 saturated carbocycles. The molecule has 0 aromatic heterocycles. The fourth-order valence-electron chi connectivity index (χ4n) is 1.40. The van der Waals surface area contributed by atoms with E-state index in [4.69, 9.17) is 0 Å². The summed E-state index contributed by atoms with van der Waals surface area (Å²) in [5.74, 6) is 2.39. The molecule has 0 rings (SSSR count). The van der Waals surface area contributed by atoms with Gasteiger partial charge in [0.2, 0.25) is 0 Å². The van der Waals surface area contributed by atoms with E-state index in [-0.39, 0.29) is 0 Å². The van der Waals surface area contributed by atoms with E-state index in [0.29, 0.717) is 0 Å². The van der Waals surface area contributed by atoms with E-state index < -0.39 is 22.4 Å². The van der Waals surface area contributed by atoms with Crippen LogP contribution in [0.15, 0.2) is 12.4 Å². The maximum atomic E-state index is 10.8. The van der Waals surface area contributed by atoms with Crippen molar-refractivity contribution in [2.24, 2.45) is 0 Å². The van der Waals surface area contributed by atoms with Crippen LogP contribution in [0.4, 0.5) is 0 Å². The Hall–Kier alpha value is -0.0400. The van der Waals surface area contributed by atoms with Crippen molar-refractivity contribution >= 4 is 22.4 Å². The van der Waals surface area contributed by atoms with Gasteiger partial charge < -0.3 is 19.7 Å². The van der Waals surface area contributed by atoms with E-state index in [1.54, 1.807) is 12.5 Å². The van der Waals surface area contributed by atoms with Gasteiger partial charge in [-0.05, 0) is 25.7 Å². The van der Waals surface area contributed by atoms with Gasteiger partial charge in [0.15, 0.2) is 0 Å². The molecular formula is C12H26N2O2S2. The van der Waals surface area contributed by atoms with Gasteiger partial charge in [-0.15, -0.1) is 0 Å². The van der Waals surface area contributed by atoms with Crippen molar-refractivity contribution in [2.45, 2.75) is 25.7 Å². The zero-order valence-electron chi connectivity index (χ0n) is 11.5.